The lowest BCUT2D eigenvalue weighted by molar-refractivity contribution is -0.134. The molecule has 2 nitrogen and oxygen atoms in total. The van der Waals surface area contributed by atoms with Gasteiger partial charge >= 0.3 is 5.97 Å². The van der Waals surface area contributed by atoms with Crippen LogP contribution in [0.2, 0.25) is 0 Å². The van der Waals surface area contributed by atoms with Crippen LogP contribution in [-0.2, 0) is 4.79 Å². The van der Waals surface area contributed by atoms with Gasteiger partial charge < -0.3 is 5.11 Å². The Bertz CT molecular complexity index is 56.6. The Morgan fingerprint density at radius 2 is 1.67 bits per heavy atom. The summed E-state index contributed by atoms with van der Waals surface area (Å²) in [7, 11) is 0. The minimum atomic E-state index is -0.824. The quantitative estimate of drug-likeness (QED) is 0.510. The standard InChI is InChI=1S/C4H7O2/c1-3(2)4(5)6/h1-2H3,(H,5,6). The summed E-state index contributed by atoms with van der Waals surface area (Å²) < 4.78 is 0. The molecule has 0 aromatic heterocycles. The van der Waals surface area contributed by atoms with Crippen molar-refractivity contribution in [2.75, 3.05) is 0 Å². The fourth-order valence-electron chi connectivity index (χ4n) is 0. The van der Waals surface area contributed by atoms with Gasteiger partial charge in [-0.15, -0.1) is 0 Å². The molecule has 0 bridgehead atoms. The molecule has 0 aromatic rings. The monoisotopic (exact) mass is 87.0 g/mol. The molecular weight excluding hydrogens is 80.0 g/mol. The van der Waals surface area contributed by atoms with E-state index >= 15 is 0 Å². The average Bonchev–Trinajstić information content (AvgIpc) is 1.36. The van der Waals surface area contributed by atoms with Gasteiger partial charge in [0, 0.05) is 0 Å². The summed E-state index contributed by atoms with van der Waals surface area (Å²) in [6.07, 6.45) is 0. The molecule has 1 radical (unpaired) electrons. The van der Waals surface area contributed by atoms with E-state index in [2.05, 4.69) is 0 Å². The number of carboxylic acid groups (broad SMARTS) is 1. The van der Waals surface area contributed by atoms with Crippen molar-refractivity contribution in [3.05, 3.63) is 5.92 Å². The second kappa shape index (κ2) is 1.80. The number of carboxylic acids is 1. The van der Waals surface area contributed by atoms with Crippen LogP contribution >= 0.6 is 0 Å². The Hall–Kier alpha value is -0.530. The van der Waals surface area contributed by atoms with Crippen molar-refractivity contribution in [1.82, 2.24) is 0 Å². The minimum absolute atomic E-state index is 0.426. The first-order chi connectivity index (χ1) is 2.64. The summed E-state index contributed by atoms with van der Waals surface area (Å²) in [5, 5.41) is 7.95. The predicted molar refractivity (Wildman–Crippen MR) is 22.2 cm³/mol. The predicted octanol–water partition coefficient (Wildman–Crippen LogP) is 0.685. The van der Waals surface area contributed by atoms with Crippen molar-refractivity contribution in [2.24, 2.45) is 0 Å². The van der Waals surface area contributed by atoms with Crippen LogP contribution in [0.25, 0.3) is 0 Å². The fourth-order valence-corrected chi connectivity index (χ4v) is 0. The molecule has 0 heterocycles. The molecule has 35 valence electrons. The second-order valence-corrected chi connectivity index (χ2v) is 1.31. The van der Waals surface area contributed by atoms with Gasteiger partial charge in [0.2, 0.25) is 0 Å². The smallest absolute Gasteiger partial charge is 0.310 e. The number of hydrogen-bond donors (Lipinski definition) is 1. The van der Waals surface area contributed by atoms with E-state index < -0.39 is 5.97 Å². The summed E-state index contributed by atoms with van der Waals surface area (Å²) in [5.74, 6) is -0.398. The maximum absolute atomic E-state index is 9.66. The van der Waals surface area contributed by atoms with Gasteiger partial charge in [-0.1, -0.05) is 0 Å². The zero-order valence-electron chi connectivity index (χ0n) is 3.86. The molecule has 0 aliphatic heterocycles. The highest BCUT2D eigenvalue weighted by Gasteiger charge is 2.00. The van der Waals surface area contributed by atoms with Gasteiger partial charge in [-0.25, -0.2) is 0 Å². The molecule has 0 saturated carbocycles. The van der Waals surface area contributed by atoms with E-state index in [9.17, 15) is 4.79 Å². The molecule has 0 aliphatic rings. The highest BCUT2D eigenvalue weighted by Crippen LogP contribution is 1.90. The third-order valence-corrected chi connectivity index (χ3v) is 0.428. The second-order valence-electron chi connectivity index (χ2n) is 1.31. The van der Waals surface area contributed by atoms with Crippen LogP contribution in [0.15, 0.2) is 0 Å². The van der Waals surface area contributed by atoms with Gasteiger partial charge in [0.15, 0.2) is 0 Å². The van der Waals surface area contributed by atoms with Crippen LogP contribution < -0.4 is 0 Å². The van der Waals surface area contributed by atoms with Gasteiger partial charge in [0.25, 0.3) is 0 Å². The summed E-state index contributed by atoms with van der Waals surface area (Å²) >= 11 is 0. The van der Waals surface area contributed by atoms with Gasteiger partial charge in [-0.2, -0.15) is 0 Å². The lowest BCUT2D eigenvalue weighted by Crippen LogP contribution is -2.00. The lowest BCUT2D eigenvalue weighted by Gasteiger charge is -1.88. The first-order valence-electron chi connectivity index (χ1n) is 1.68. The van der Waals surface area contributed by atoms with Crippen molar-refractivity contribution in [3.63, 3.8) is 0 Å². The normalized spacial score (nSPS) is 9.17. The Morgan fingerprint density at radius 1 is 1.50 bits per heavy atom. The van der Waals surface area contributed by atoms with Crippen LogP contribution in [0.4, 0.5) is 0 Å². The van der Waals surface area contributed by atoms with E-state index in [1.54, 1.807) is 13.8 Å². The maximum atomic E-state index is 9.66. The molecule has 0 aliphatic carbocycles. The maximum Gasteiger partial charge on any atom is 0.310 e. The zero-order valence-corrected chi connectivity index (χ0v) is 3.86. The molecule has 0 saturated heterocycles. The van der Waals surface area contributed by atoms with Gasteiger partial charge in [-0.05, 0) is 13.8 Å². The molecule has 0 spiro atoms. The molecule has 6 heavy (non-hydrogen) atoms. The summed E-state index contributed by atoms with van der Waals surface area (Å²) in [6, 6.07) is 0. The lowest BCUT2D eigenvalue weighted by atomic mass is 10.2. The summed E-state index contributed by atoms with van der Waals surface area (Å²) in [5.41, 5.74) is 0. The van der Waals surface area contributed by atoms with E-state index in [1.807, 2.05) is 0 Å². The molecule has 0 atom stereocenters. The number of aliphatic carboxylic acids is 1. The molecule has 2 heteroatoms. The Morgan fingerprint density at radius 3 is 1.67 bits per heavy atom. The highest BCUT2D eigenvalue weighted by atomic mass is 16.4. The van der Waals surface area contributed by atoms with E-state index in [0.717, 1.165) is 0 Å². The Labute approximate surface area is 36.8 Å². The average molecular weight is 87.1 g/mol. The van der Waals surface area contributed by atoms with E-state index in [-0.39, 0.29) is 0 Å². The van der Waals surface area contributed by atoms with Crippen LogP contribution in [0.5, 0.6) is 0 Å². The topological polar surface area (TPSA) is 37.3 Å². The van der Waals surface area contributed by atoms with Gasteiger partial charge in [-0.3, -0.25) is 4.79 Å². The third-order valence-electron chi connectivity index (χ3n) is 0.428. The first kappa shape index (κ1) is 5.47. The van der Waals surface area contributed by atoms with E-state index in [4.69, 9.17) is 5.11 Å². The van der Waals surface area contributed by atoms with Crippen molar-refractivity contribution in [2.45, 2.75) is 13.8 Å². The molecule has 0 unspecified atom stereocenters. The molecule has 0 aromatic carbocycles. The van der Waals surface area contributed by atoms with Crippen molar-refractivity contribution in [1.29, 1.82) is 0 Å². The van der Waals surface area contributed by atoms with E-state index in [0.29, 0.717) is 5.92 Å². The van der Waals surface area contributed by atoms with Crippen LogP contribution in [0.1, 0.15) is 13.8 Å². The summed E-state index contributed by atoms with van der Waals surface area (Å²) in [4.78, 5) is 9.66. The number of rotatable bonds is 1. The van der Waals surface area contributed by atoms with Crippen molar-refractivity contribution >= 4 is 5.97 Å². The largest absolute Gasteiger partial charge is 0.481 e. The Balaban J connectivity index is 3.26. The number of carbonyl (C=O) groups is 1. The molecular formula is C4H7O2. The molecule has 0 amide bonds. The third kappa shape index (κ3) is 1.76. The fraction of sp³-hybridized carbons (Fsp3) is 0.500. The van der Waals surface area contributed by atoms with Crippen LogP contribution in [0, 0.1) is 5.92 Å². The van der Waals surface area contributed by atoms with Gasteiger partial charge in [0.1, 0.15) is 0 Å². The van der Waals surface area contributed by atoms with Crippen molar-refractivity contribution in [3.8, 4) is 0 Å². The molecule has 1 N–H and O–H groups in total. The van der Waals surface area contributed by atoms with Gasteiger partial charge in [0.05, 0.1) is 5.92 Å². The summed E-state index contributed by atoms with van der Waals surface area (Å²) in [6.45, 7) is 3.12. The van der Waals surface area contributed by atoms with Crippen LogP contribution in [-0.4, -0.2) is 11.1 Å². The number of hydrogen-bond acceptors (Lipinski definition) is 1. The highest BCUT2D eigenvalue weighted by molar-refractivity contribution is 5.81. The van der Waals surface area contributed by atoms with Crippen molar-refractivity contribution < 1.29 is 9.90 Å². The zero-order chi connectivity index (χ0) is 5.15. The van der Waals surface area contributed by atoms with E-state index in [1.165, 1.54) is 0 Å². The SMILES string of the molecule is C[C](C)C(=O)O. The first-order valence-corrected chi connectivity index (χ1v) is 1.68. The van der Waals surface area contributed by atoms with Crippen LogP contribution in [0.3, 0.4) is 0 Å². The molecule has 0 rings (SSSR count). The Kier molecular flexibility index (Phi) is 1.64. The molecule has 0 fully saturated rings. The minimum Gasteiger partial charge on any atom is -0.481 e.